The van der Waals surface area contributed by atoms with Crippen LogP contribution in [0.25, 0.3) is 28.8 Å². The van der Waals surface area contributed by atoms with Crippen molar-refractivity contribution >= 4 is 28.8 Å². The molecule has 0 amide bonds. The van der Waals surface area contributed by atoms with E-state index in [4.69, 9.17) is 0 Å². The van der Waals surface area contributed by atoms with Crippen molar-refractivity contribution in [3.8, 4) is 0 Å². The minimum absolute atomic E-state index is 0.942. The van der Waals surface area contributed by atoms with E-state index in [0.717, 1.165) is 5.70 Å². The maximum atomic E-state index is 4.16. The Kier molecular flexibility index (Phi) is 3.86. The molecule has 1 aromatic heterocycles. The lowest BCUT2D eigenvalue weighted by Crippen LogP contribution is -2.27. The molecule has 0 atom stereocenters. The number of rotatable bonds is 3. The maximum absolute atomic E-state index is 4.16. The molecule has 0 spiro atoms. The van der Waals surface area contributed by atoms with Crippen LogP contribution in [0.1, 0.15) is 13.8 Å². The van der Waals surface area contributed by atoms with E-state index in [1.165, 1.54) is 21.5 Å². The summed E-state index contributed by atoms with van der Waals surface area (Å²) in [5.74, 6) is 0. The van der Waals surface area contributed by atoms with Crippen molar-refractivity contribution in [3.63, 3.8) is 0 Å². The van der Waals surface area contributed by atoms with E-state index < -0.39 is 0 Å². The van der Waals surface area contributed by atoms with Crippen LogP contribution in [-0.4, -0.2) is 4.57 Å². The molecule has 0 bridgehead atoms. The molecule has 2 aromatic rings. The molecule has 0 unspecified atom stereocenters. The summed E-state index contributed by atoms with van der Waals surface area (Å²) < 4.78 is 2.19. The SMILES string of the molecule is C=C/C=C\C(=C)n1c(=C/C)/c(=C\C)c2ccccc21. The minimum atomic E-state index is 0.942. The first-order chi connectivity index (χ1) is 9.24. The van der Waals surface area contributed by atoms with Crippen molar-refractivity contribution in [3.05, 3.63) is 66.2 Å². The fourth-order valence-corrected chi connectivity index (χ4v) is 2.44. The van der Waals surface area contributed by atoms with Crippen LogP contribution < -0.4 is 10.6 Å². The van der Waals surface area contributed by atoms with Gasteiger partial charge in [-0.2, -0.15) is 0 Å². The summed E-state index contributed by atoms with van der Waals surface area (Å²) in [4.78, 5) is 0. The standard InChI is InChI=1S/C18H19N/c1-5-8-11-14(4)19-17(7-3)15(6-2)16-12-9-10-13-18(16)19/h5-13H,1,4H2,2-3H3/b11-8-,15-6-,17-7+. The zero-order valence-corrected chi connectivity index (χ0v) is 11.6. The molecule has 19 heavy (non-hydrogen) atoms. The molecule has 0 saturated carbocycles. The Balaban J connectivity index is 2.92. The number of allylic oxidation sites excluding steroid dienone is 4. The van der Waals surface area contributed by atoms with Gasteiger partial charge in [0.05, 0.1) is 5.52 Å². The molecule has 1 aromatic carbocycles. The second-order valence-electron chi connectivity index (χ2n) is 4.31. The lowest BCUT2D eigenvalue weighted by atomic mass is 10.2. The Hall–Kier alpha value is -2.28. The first kappa shape index (κ1) is 13.2. The van der Waals surface area contributed by atoms with Gasteiger partial charge < -0.3 is 4.57 Å². The Morgan fingerprint density at radius 2 is 1.89 bits per heavy atom. The highest BCUT2D eigenvalue weighted by atomic mass is 15.0. The van der Waals surface area contributed by atoms with Gasteiger partial charge in [0.1, 0.15) is 0 Å². The van der Waals surface area contributed by atoms with Gasteiger partial charge in [0, 0.05) is 21.7 Å². The number of hydrogen-bond donors (Lipinski definition) is 0. The van der Waals surface area contributed by atoms with Crippen LogP contribution in [0.2, 0.25) is 0 Å². The highest BCUT2D eigenvalue weighted by molar-refractivity contribution is 5.86. The summed E-state index contributed by atoms with van der Waals surface area (Å²) in [5, 5.41) is 3.69. The number of benzene rings is 1. The summed E-state index contributed by atoms with van der Waals surface area (Å²) in [6, 6.07) is 8.41. The number of para-hydroxylation sites is 1. The average molecular weight is 249 g/mol. The van der Waals surface area contributed by atoms with Gasteiger partial charge in [0.2, 0.25) is 0 Å². The van der Waals surface area contributed by atoms with Gasteiger partial charge in [0.25, 0.3) is 0 Å². The Morgan fingerprint density at radius 3 is 2.53 bits per heavy atom. The third-order valence-electron chi connectivity index (χ3n) is 3.23. The highest BCUT2D eigenvalue weighted by Crippen LogP contribution is 2.13. The lowest BCUT2D eigenvalue weighted by molar-refractivity contribution is 1.11. The number of hydrogen-bond acceptors (Lipinski definition) is 0. The zero-order valence-electron chi connectivity index (χ0n) is 11.6. The van der Waals surface area contributed by atoms with Crippen molar-refractivity contribution in [1.82, 2.24) is 4.57 Å². The Bertz CT molecular complexity index is 770. The molecule has 1 heterocycles. The van der Waals surface area contributed by atoms with Crippen LogP contribution in [0.4, 0.5) is 0 Å². The topological polar surface area (TPSA) is 4.93 Å². The lowest BCUT2D eigenvalue weighted by Gasteiger charge is -2.05. The van der Waals surface area contributed by atoms with Crippen LogP contribution in [0.5, 0.6) is 0 Å². The minimum Gasteiger partial charge on any atom is -0.310 e. The second-order valence-corrected chi connectivity index (χ2v) is 4.31. The molecule has 0 aliphatic heterocycles. The second kappa shape index (κ2) is 5.57. The van der Waals surface area contributed by atoms with Gasteiger partial charge in [0.15, 0.2) is 0 Å². The Morgan fingerprint density at radius 1 is 1.16 bits per heavy atom. The van der Waals surface area contributed by atoms with Crippen molar-refractivity contribution in [2.24, 2.45) is 0 Å². The highest BCUT2D eigenvalue weighted by Gasteiger charge is 2.06. The molecule has 0 fully saturated rings. The predicted molar refractivity (Wildman–Crippen MR) is 86.1 cm³/mol. The van der Waals surface area contributed by atoms with E-state index in [9.17, 15) is 0 Å². The molecule has 1 nitrogen and oxygen atoms in total. The molecule has 0 aliphatic carbocycles. The van der Waals surface area contributed by atoms with Crippen LogP contribution in [0.3, 0.4) is 0 Å². The van der Waals surface area contributed by atoms with Crippen LogP contribution in [0.15, 0.2) is 55.7 Å². The van der Waals surface area contributed by atoms with E-state index in [0.29, 0.717) is 0 Å². The maximum Gasteiger partial charge on any atom is 0.0540 e. The van der Waals surface area contributed by atoms with Crippen molar-refractivity contribution in [2.45, 2.75) is 13.8 Å². The van der Waals surface area contributed by atoms with E-state index in [1.807, 2.05) is 12.2 Å². The predicted octanol–water partition coefficient (Wildman–Crippen LogP) is 3.46. The Labute approximate surface area is 114 Å². The summed E-state index contributed by atoms with van der Waals surface area (Å²) in [7, 11) is 0. The summed E-state index contributed by atoms with van der Waals surface area (Å²) in [6.45, 7) is 12.0. The van der Waals surface area contributed by atoms with Gasteiger partial charge in [-0.1, -0.05) is 55.7 Å². The van der Waals surface area contributed by atoms with E-state index >= 15 is 0 Å². The van der Waals surface area contributed by atoms with Crippen molar-refractivity contribution in [1.29, 1.82) is 0 Å². The fourth-order valence-electron chi connectivity index (χ4n) is 2.44. The monoisotopic (exact) mass is 249 g/mol. The zero-order chi connectivity index (χ0) is 13.8. The molecule has 0 radical (unpaired) electrons. The van der Waals surface area contributed by atoms with Gasteiger partial charge in [-0.05, 0) is 26.0 Å². The van der Waals surface area contributed by atoms with Gasteiger partial charge >= 0.3 is 0 Å². The molecule has 0 saturated heterocycles. The molecule has 96 valence electrons. The number of fused-ring (bicyclic) bond motifs is 1. The average Bonchev–Trinajstić information content (AvgIpc) is 2.78. The first-order valence-corrected chi connectivity index (χ1v) is 6.45. The van der Waals surface area contributed by atoms with Gasteiger partial charge in [-0.25, -0.2) is 0 Å². The van der Waals surface area contributed by atoms with Gasteiger partial charge in [-0.3, -0.25) is 0 Å². The van der Waals surface area contributed by atoms with Crippen molar-refractivity contribution < 1.29 is 0 Å². The normalized spacial score (nSPS) is 13.6. The summed E-state index contributed by atoms with van der Waals surface area (Å²) >= 11 is 0. The first-order valence-electron chi connectivity index (χ1n) is 6.45. The molecule has 0 aliphatic rings. The molecular weight excluding hydrogens is 230 g/mol. The molecule has 0 N–H and O–H groups in total. The van der Waals surface area contributed by atoms with E-state index in [2.05, 4.69) is 68.0 Å². The summed E-state index contributed by atoms with van der Waals surface area (Å²) in [5.41, 5.74) is 2.12. The van der Waals surface area contributed by atoms with Crippen LogP contribution in [0, 0.1) is 0 Å². The van der Waals surface area contributed by atoms with Crippen molar-refractivity contribution in [2.75, 3.05) is 0 Å². The van der Waals surface area contributed by atoms with Crippen LogP contribution in [-0.2, 0) is 0 Å². The van der Waals surface area contributed by atoms with E-state index in [1.54, 1.807) is 6.08 Å². The summed E-state index contributed by atoms with van der Waals surface area (Å²) in [6.07, 6.45) is 9.93. The van der Waals surface area contributed by atoms with Gasteiger partial charge in [-0.15, -0.1) is 0 Å². The fraction of sp³-hybridized carbons (Fsp3) is 0.111. The molecule has 2 rings (SSSR count). The largest absolute Gasteiger partial charge is 0.310 e. The smallest absolute Gasteiger partial charge is 0.0540 e. The number of nitrogens with zero attached hydrogens (tertiary/aromatic N) is 1. The van der Waals surface area contributed by atoms with Crippen LogP contribution >= 0.6 is 0 Å². The third-order valence-corrected chi connectivity index (χ3v) is 3.23. The number of aromatic nitrogens is 1. The van der Waals surface area contributed by atoms with E-state index in [-0.39, 0.29) is 0 Å². The molecule has 1 heteroatoms. The molecular formula is C18H19N. The quantitative estimate of drug-likeness (QED) is 0.734. The third kappa shape index (κ3) is 2.19.